The van der Waals surface area contributed by atoms with Crippen LogP contribution in [-0.2, 0) is 19.4 Å². The molecule has 1 aliphatic rings. The maximum absolute atomic E-state index is 13.4. The second-order valence-electron chi connectivity index (χ2n) is 9.47. The van der Waals surface area contributed by atoms with E-state index in [1.807, 2.05) is 35.0 Å². The van der Waals surface area contributed by atoms with Crippen molar-refractivity contribution in [2.24, 2.45) is 5.92 Å². The van der Waals surface area contributed by atoms with Crippen LogP contribution in [0.25, 0.3) is 10.9 Å². The van der Waals surface area contributed by atoms with Gasteiger partial charge in [-0.25, -0.2) is 4.68 Å². The molecule has 2 atom stereocenters. The molecular weight excluding hydrogens is 424 g/mol. The molecule has 34 heavy (non-hydrogen) atoms. The van der Waals surface area contributed by atoms with Gasteiger partial charge in [0.25, 0.3) is 5.56 Å². The van der Waals surface area contributed by atoms with Gasteiger partial charge in [-0.1, -0.05) is 50.2 Å². The zero-order chi connectivity index (χ0) is 23.5. The Kier molecular flexibility index (Phi) is 6.54. The number of aromatic nitrogens is 5. The first-order chi connectivity index (χ1) is 16.6. The number of tetrazole rings is 1. The molecule has 3 heterocycles. The summed E-state index contributed by atoms with van der Waals surface area (Å²) >= 11 is 0. The maximum Gasteiger partial charge on any atom is 0.253 e. The summed E-state index contributed by atoms with van der Waals surface area (Å²) in [5.74, 6) is 1.30. The Morgan fingerprint density at radius 3 is 2.76 bits per heavy atom. The molecule has 1 aliphatic heterocycles. The normalized spacial score (nSPS) is 17.8. The van der Waals surface area contributed by atoms with Gasteiger partial charge in [0.15, 0.2) is 5.82 Å². The molecule has 176 valence electrons. The van der Waals surface area contributed by atoms with Crippen molar-refractivity contribution in [2.45, 2.75) is 52.1 Å². The average molecular weight is 457 g/mol. The van der Waals surface area contributed by atoms with Gasteiger partial charge in [-0.3, -0.25) is 9.69 Å². The molecule has 0 amide bonds. The highest BCUT2D eigenvalue weighted by molar-refractivity contribution is 5.80. The lowest BCUT2D eigenvalue weighted by atomic mass is 9.95. The Morgan fingerprint density at radius 1 is 1.12 bits per heavy atom. The molecule has 0 aliphatic carbocycles. The molecule has 0 saturated carbocycles. The van der Waals surface area contributed by atoms with Crippen molar-refractivity contribution >= 4 is 10.9 Å². The summed E-state index contributed by atoms with van der Waals surface area (Å²) in [4.78, 5) is 18.9. The molecule has 2 aromatic carbocycles. The first-order valence-corrected chi connectivity index (χ1v) is 12.3. The van der Waals surface area contributed by atoms with Crippen molar-refractivity contribution in [1.82, 2.24) is 30.1 Å². The average Bonchev–Trinajstić information content (AvgIpc) is 3.32. The number of hydrogen-bond acceptors (Lipinski definition) is 5. The van der Waals surface area contributed by atoms with Gasteiger partial charge in [-0.15, -0.1) is 5.10 Å². The van der Waals surface area contributed by atoms with Crippen LogP contribution < -0.4 is 5.56 Å². The van der Waals surface area contributed by atoms with Crippen molar-refractivity contribution in [3.05, 3.63) is 87.5 Å². The standard InChI is InChI=1S/C27H32N6O/c1-3-20-11-12-24-22(16-20)17-23(27(34)28-24)25(32-14-7-8-19(2)18-32)26-29-30-31-33(26)15-13-21-9-5-4-6-10-21/h4-6,9-12,16-17,19,25H,3,7-8,13-15,18H2,1-2H3,(H,28,34). The molecule has 7 heteroatoms. The molecule has 2 aromatic heterocycles. The van der Waals surface area contributed by atoms with Gasteiger partial charge in [-0.2, -0.15) is 0 Å². The summed E-state index contributed by atoms with van der Waals surface area (Å²) in [7, 11) is 0. The number of nitrogens with one attached hydrogen (secondary N) is 1. The fraction of sp³-hybridized carbons (Fsp3) is 0.407. The summed E-state index contributed by atoms with van der Waals surface area (Å²) < 4.78 is 1.88. The van der Waals surface area contributed by atoms with Crippen LogP contribution in [0.3, 0.4) is 0 Å². The van der Waals surface area contributed by atoms with Gasteiger partial charge in [0, 0.05) is 24.2 Å². The van der Waals surface area contributed by atoms with E-state index < -0.39 is 0 Å². The molecule has 1 N–H and O–H groups in total. The lowest BCUT2D eigenvalue weighted by Gasteiger charge is -2.36. The smallest absolute Gasteiger partial charge is 0.253 e. The Hall–Kier alpha value is -3.32. The van der Waals surface area contributed by atoms with Crippen molar-refractivity contribution < 1.29 is 0 Å². The molecule has 2 unspecified atom stereocenters. The summed E-state index contributed by atoms with van der Waals surface area (Å²) in [5, 5.41) is 13.9. The highest BCUT2D eigenvalue weighted by atomic mass is 16.1. The largest absolute Gasteiger partial charge is 0.322 e. The van der Waals surface area contributed by atoms with E-state index in [1.165, 1.54) is 17.5 Å². The van der Waals surface area contributed by atoms with E-state index in [0.29, 0.717) is 18.0 Å². The van der Waals surface area contributed by atoms with E-state index in [0.717, 1.165) is 49.1 Å². The van der Waals surface area contributed by atoms with Gasteiger partial charge in [0.1, 0.15) is 6.04 Å². The van der Waals surface area contributed by atoms with Crippen LogP contribution in [0.1, 0.15) is 55.2 Å². The predicted octanol–water partition coefficient (Wildman–Crippen LogP) is 4.14. The topological polar surface area (TPSA) is 79.7 Å². The zero-order valence-electron chi connectivity index (χ0n) is 19.9. The number of fused-ring (bicyclic) bond motifs is 1. The van der Waals surface area contributed by atoms with Crippen molar-refractivity contribution in [1.29, 1.82) is 0 Å². The van der Waals surface area contributed by atoms with E-state index in [-0.39, 0.29) is 11.6 Å². The van der Waals surface area contributed by atoms with Crippen LogP contribution in [0, 0.1) is 5.92 Å². The molecule has 0 radical (unpaired) electrons. The van der Waals surface area contributed by atoms with Gasteiger partial charge in [0.05, 0.1) is 0 Å². The Labute approximate surface area is 199 Å². The zero-order valence-corrected chi connectivity index (χ0v) is 19.9. The molecule has 7 nitrogen and oxygen atoms in total. The number of aromatic amines is 1. The number of nitrogens with zero attached hydrogens (tertiary/aromatic N) is 5. The molecular formula is C27H32N6O. The van der Waals surface area contributed by atoms with Crippen molar-refractivity contribution in [2.75, 3.05) is 13.1 Å². The number of hydrogen-bond donors (Lipinski definition) is 1. The van der Waals surface area contributed by atoms with Crippen LogP contribution in [0.5, 0.6) is 0 Å². The monoisotopic (exact) mass is 456 g/mol. The number of H-pyrrole nitrogens is 1. The Morgan fingerprint density at radius 2 is 1.97 bits per heavy atom. The van der Waals surface area contributed by atoms with E-state index in [1.54, 1.807) is 0 Å². The summed E-state index contributed by atoms with van der Waals surface area (Å²) in [6.07, 6.45) is 4.09. The first kappa shape index (κ1) is 22.5. The minimum atomic E-state index is -0.285. The van der Waals surface area contributed by atoms with E-state index in [2.05, 4.69) is 63.5 Å². The molecule has 0 spiro atoms. The summed E-state index contributed by atoms with van der Waals surface area (Å²) in [6.45, 7) is 6.93. The second-order valence-corrected chi connectivity index (χ2v) is 9.47. The maximum atomic E-state index is 13.4. The van der Waals surface area contributed by atoms with Crippen LogP contribution in [-0.4, -0.2) is 43.2 Å². The van der Waals surface area contributed by atoms with Crippen LogP contribution >= 0.6 is 0 Å². The lowest BCUT2D eigenvalue weighted by molar-refractivity contribution is 0.141. The summed E-state index contributed by atoms with van der Waals surface area (Å²) in [5.41, 5.74) is 3.99. The third kappa shape index (κ3) is 4.66. The van der Waals surface area contributed by atoms with Crippen molar-refractivity contribution in [3.8, 4) is 0 Å². The first-order valence-electron chi connectivity index (χ1n) is 12.3. The number of rotatable bonds is 7. The molecule has 1 fully saturated rings. The third-order valence-corrected chi connectivity index (χ3v) is 6.95. The quantitative estimate of drug-likeness (QED) is 0.452. The van der Waals surface area contributed by atoms with Crippen LogP contribution in [0.2, 0.25) is 0 Å². The number of likely N-dealkylation sites (tertiary alicyclic amines) is 1. The van der Waals surface area contributed by atoms with Gasteiger partial charge in [-0.05, 0) is 83.3 Å². The number of pyridine rings is 1. The SMILES string of the molecule is CCc1ccc2[nH]c(=O)c(C(c3nnnn3CCc3ccccc3)N3CCCC(C)C3)cc2c1. The second kappa shape index (κ2) is 9.89. The highest BCUT2D eigenvalue weighted by Crippen LogP contribution is 2.31. The fourth-order valence-electron chi connectivity index (χ4n) is 5.10. The molecule has 0 bridgehead atoms. The number of benzene rings is 2. The van der Waals surface area contributed by atoms with Crippen LogP contribution in [0.4, 0.5) is 0 Å². The molecule has 4 aromatic rings. The summed E-state index contributed by atoms with van der Waals surface area (Å²) in [6, 6.07) is 18.4. The minimum Gasteiger partial charge on any atom is -0.322 e. The Balaban J connectivity index is 1.57. The van der Waals surface area contributed by atoms with Crippen molar-refractivity contribution in [3.63, 3.8) is 0 Å². The van der Waals surface area contributed by atoms with Gasteiger partial charge < -0.3 is 4.98 Å². The number of piperidine rings is 1. The fourth-order valence-corrected chi connectivity index (χ4v) is 5.10. The van der Waals surface area contributed by atoms with E-state index in [4.69, 9.17) is 0 Å². The minimum absolute atomic E-state index is 0.0717. The van der Waals surface area contributed by atoms with Gasteiger partial charge in [0.2, 0.25) is 0 Å². The Bertz CT molecular complexity index is 1310. The third-order valence-electron chi connectivity index (χ3n) is 6.95. The number of aryl methyl sites for hydroxylation is 3. The molecule has 1 saturated heterocycles. The van der Waals surface area contributed by atoms with Gasteiger partial charge >= 0.3 is 0 Å². The lowest BCUT2D eigenvalue weighted by Crippen LogP contribution is -2.41. The highest BCUT2D eigenvalue weighted by Gasteiger charge is 2.32. The van der Waals surface area contributed by atoms with Crippen LogP contribution in [0.15, 0.2) is 59.4 Å². The van der Waals surface area contributed by atoms with E-state index >= 15 is 0 Å². The predicted molar refractivity (Wildman–Crippen MR) is 134 cm³/mol. The molecule has 5 rings (SSSR count). The van der Waals surface area contributed by atoms with E-state index in [9.17, 15) is 4.79 Å².